The van der Waals surface area contributed by atoms with E-state index in [-0.39, 0.29) is 12.5 Å². The summed E-state index contributed by atoms with van der Waals surface area (Å²) in [6, 6.07) is 10.9. The summed E-state index contributed by atoms with van der Waals surface area (Å²) in [6.07, 6.45) is 1.13. The van der Waals surface area contributed by atoms with Gasteiger partial charge in [-0.3, -0.25) is 14.7 Å². The van der Waals surface area contributed by atoms with Crippen molar-refractivity contribution >= 4 is 34.4 Å². The summed E-state index contributed by atoms with van der Waals surface area (Å²) in [5.74, 6) is 1.56. The molecule has 0 spiro atoms. The van der Waals surface area contributed by atoms with Gasteiger partial charge in [-0.15, -0.1) is 0 Å². The first-order valence-electron chi connectivity index (χ1n) is 12.3. The van der Waals surface area contributed by atoms with Crippen LogP contribution in [-0.2, 0) is 9.53 Å². The number of nitrogens with zero attached hydrogens (tertiary/aromatic N) is 5. The Morgan fingerprint density at radius 1 is 1.03 bits per heavy atom. The molecule has 0 aliphatic carbocycles. The standard InChI is InChI=1S/C26H27N5O6/c1-34-23-6-4-18-24(28-23)19(7-8-27-18)29-9-2-10-30(12-11-29)25(32)22-16-31(26(33)37-22)17-3-5-20-21(15-17)36-14-13-35-20/h3-8,15,22H,2,9-14,16H2,1H3/t22-/m0/s1. The molecule has 2 fully saturated rings. The van der Waals surface area contributed by atoms with E-state index in [9.17, 15) is 9.59 Å². The second-order valence-electron chi connectivity index (χ2n) is 9.03. The Kier molecular flexibility index (Phi) is 6.03. The van der Waals surface area contributed by atoms with Gasteiger partial charge in [-0.25, -0.2) is 9.78 Å². The van der Waals surface area contributed by atoms with E-state index in [0.717, 1.165) is 29.7 Å². The van der Waals surface area contributed by atoms with E-state index in [1.807, 2.05) is 12.1 Å². The van der Waals surface area contributed by atoms with Crippen molar-refractivity contribution in [3.63, 3.8) is 0 Å². The maximum Gasteiger partial charge on any atom is 0.415 e. The fourth-order valence-electron chi connectivity index (χ4n) is 4.95. The molecule has 2 aromatic heterocycles. The van der Waals surface area contributed by atoms with Crippen molar-refractivity contribution in [2.24, 2.45) is 0 Å². The summed E-state index contributed by atoms with van der Waals surface area (Å²) in [6.45, 7) is 3.55. The van der Waals surface area contributed by atoms with Crippen LogP contribution in [0.2, 0.25) is 0 Å². The highest BCUT2D eigenvalue weighted by Crippen LogP contribution is 2.35. The molecule has 3 aromatic rings. The van der Waals surface area contributed by atoms with Crippen molar-refractivity contribution in [2.45, 2.75) is 12.5 Å². The molecule has 1 aromatic carbocycles. The lowest BCUT2D eigenvalue weighted by Crippen LogP contribution is -2.43. The molecular formula is C26H27N5O6. The van der Waals surface area contributed by atoms with Gasteiger partial charge >= 0.3 is 6.09 Å². The zero-order valence-corrected chi connectivity index (χ0v) is 20.5. The van der Waals surface area contributed by atoms with Crippen LogP contribution < -0.4 is 24.0 Å². The molecule has 1 atom stereocenters. The molecule has 0 N–H and O–H groups in total. The molecule has 2 saturated heterocycles. The third kappa shape index (κ3) is 4.41. The highest BCUT2D eigenvalue weighted by atomic mass is 16.6. The van der Waals surface area contributed by atoms with Crippen molar-refractivity contribution in [1.82, 2.24) is 14.9 Å². The largest absolute Gasteiger partial charge is 0.486 e. The third-order valence-electron chi connectivity index (χ3n) is 6.82. The lowest BCUT2D eigenvalue weighted by molar-refractivity contribution is -0.138. The predicted octanol–water partition coefficient (Wildman–Crippen LogP) is 2.47. The van der Waals surface area contributed by atoms with Gasteiger partial charge < -0.3 is 28.7 Å². The number of hydrogen-bond donors (Lipinski definition) is 0. The Balaban J connectivity index is 1.14. The van der Waals surface area contributed by atoms with Gasteiger partial charge in [0, 0.05) is 44.5 Å². The Morgan fingerprint density at radius 2 is 1.89 bits per heavy atom. The molecule has 0 unspecified atom stereocenters. The average molecular weight is 506 g/mol. The molecule has 5 heterocycles. The number of fused-ring (bicyclic) bond motifs is 2. The van der Waals surface area contributed by atoms with Crippen LogP contribution in [-0.4, -0.2) is 86.0 Å². The number of cyclic esters (lactones) is 1. The number of aromatic nitrogens is 2. The van der Waals surface area contributed by atoms with Gasteiger partial charge in [-0.2, -0.15) is 0 Å². The zero-order chi connectivity index (χ0) is 25.4. The number of methoxy groups -OCH3 is 1. The average Bonchev–Trinajstić information content (AvgIpc) is 3.16. The number of pyridine rings is 2. The van der Waals surface area contributed by atoms with Gasteiger partial charge in [0.25, 0.3) is 5.91 Å². The first-order chi connectivity index (χ1) is 18.1. The summed E-state index contributed by atoms with van der Waals surface area (Å²) in [7, 11) is 1.59. The van der Waals surface area contributed by atoms with Crippen LogP contribution in [0.15, 0.2) is 42.6 Å². The van der Waals surface area contributed by atoms with Crippen LogP contribution in [0.1, 0.15) is 6.42 Å². The van der Waals surface area contributed by atoms with Gasteiger partial charge in [-0.1, -0.05) is 0 Å². The van der Waals surface area contributed by atoms with Crippen LogP contribution in [0, 0.1) is 0 Å². The lowest BCUT2D eigenvalue weighted by Gasteiger charge is -2.25. The van der Waals surface area contributed by atoms with E-state index in [1.54, 1.807) is 42.5 Å². The summed E-state index contributed by atoms with van der Waals surface area (Å²) < 4.78 is 22.0. The maximum absolute atomic E-state index is 13.4. The van der Waals surface area contributed by atoms with Gasteiger partial charge in [0.2, 0.25) is 5.88 Å². The Bertz CT molecular complexity index is 1350. The van der Waals surface area contributed by atoms with Crippen molar-refractivity contribution in [1.29, 1.82) is 0 Å². The lowest BCUT2D eigenvalue weighted by atomic mass is 10.2. The molecule has 0 bridgehead atoms. The van der Waals surface area contributed by atoms with E-state index in [1.165, 1.54) is 4.90 Å². The minimum atomic E-state index is -0.861. The monoisotopic (exact) mass is 505 g/mol. The van der Waals surface area contributed by atoms with E-state index >= 15 is 0 Å². The van der Waals surface area contributed by atoms with Crippen LogP contribution >= 0.6 is 0 Å². The van der Waals surface area contributed by atoms with Gasteiger partial charge in [0.05, 0.1) is 30.5 Å². The van der Waals surface area contributed by atoms with Crippen LogP contribution in [0.4, 0.5) is 16.2 Å². The van der Waals surface area contributed by atoms with Crippen molar-refractivity contribution in [2.75, 3.05) is 62.8 Å². The Morgan fingerprint density at radius 3 is 2.76 bits per heavy atom. The molecule has 192 valence electrons. The molecule has 3 aliphatic heterocycles. The summed E-state index contributed by atoms with van der Waals surface area (Å²) in [5.41, 5.74) is 3.11. The van der Waals surface area contributed by atoms with Crippen molar-refractivity contribution in [3.8, 4) is 17.4 Å². The number of benzene rings is 1. The highest BCUT2D eigenvalue weighted by molar-refractivity contribution is 5.96. The molecular weight excluding hydrogens is 478 g/mol. The molecule has 0 saturated carbocycles. The highest BCUT2D eigenvalue weighted by Gasteiger charge is 2.39. The Hall–Kier alpha value is -4.28. The first kappa shape index (κ1) is 23.1. The summed E-state index contributed by atoms with van der Waals surface area (Å²) in [5, 5.41) is 0. The maximum atomic E-state index is 13.4. The van der Waals surface area contributed by atoms with E-state index in [0.29, 0.717) is 55.9 Å². The van der Waals surface area contributed by atoms with E-state index in [2.05, 4.69) is 14.9 Å². The molecule has 6 rings (SSSR count). The van der Waals surface area contributed by atoms with Gasteiger partial charge in [-0.05, 0) is 30.7 Å². The molecule has 11 nitrogen and oxygen atoms in total. The predicted molar refractivity (Wildman–Crippen MR) is 135 cm³/mol. The van der Waals surface area contributed by atoms with Crippen molar-refractivity contribution in [3.05, 3.63) is 42.6 Å². The van der Waals surface area contributed by atoms with Crippen LogP contribution in [0.3, 0.4) is 0 Å². The summed E-state index contributed by atoms with van der Waals surface area (Å²) >= 11 is 0. The molecule has 37 heavy (non-hydrogen) atoms. The fourth-order valence-corrected chi connectivity index (χ4v) is 4.95. The Labute approximate surface area is 213 Å². The minimum absolute atomic E-state index is 0.149. The number of carbonyl (C=O) groups is 2. The number of ether oxygens (including phenoxy) is 4. The number of anilines is 2. The third-order valence-corrected chi connectivity index (χ3v) is 6.82. The minimum Gasteiger partial charge on any atom is -0.486 e. The second-order valence-corrected chi connectivity index (χ2v) is 9.03. The molecule has 0 radical (unpaired) electrons. The number of rotatable bonds is 4. The SMILES string of the molecule is COc1ccc2nccc(N3CCCN(C(=O)[C@@H]4CN(c5ccc6c(c5)OCCO6)C(=O)O4)CC3)c2n1. The molecule has 11 heteroatoms. The van der Waals surface area contributed by atoms with Gasteiger partial charge in [0.1, 0.15) is 18.7 Å². The van der Waals surface area contributed by atoms with Crippen molar-refractivity contribution < 1.29 is 28.5 Å². The smallest absolute Gasteiger partial charge is 0.415 e. The summed E-state index contributed by atoms with van der Waals surface area (Å²) in [4.78, 5) is 40.5. The first-order valence-corrected chi connectivity index (χ1v) is 12.3. The molecule has 2 amide bonds. The topological polar surface area (TPSA) is 107 Å². The second kappa shape index (κ2) is 9.64. The number of carbonyl (C=O) groups excluding carboxylic acids is 2. The van der Waals surface area contributed by atoms with Gasteiger partial charge in [0.15, 0.2) is 17.6 Å². The fraction of sp³-hybridized carbons (Fsp3) is 0.385. The zero-order valence-electron chi connectivity index (χ0n) is 20.5. The van der Waals surface area contributed by atoms with Crippen LogP contribution in [0.5, 0.6) is 17.4 Å². The molecule has 3 aliphatic rings. The number of amides is 2. The quantitative estimate of drug-likeness (QED) is 0.529. The van der Waals surface area contributed by atoms with E-state index in [4.69, 9.17) is 18.9 Å². The number of hydrogen-bond acceptors (Lipinski definition) is 9. The van der Waals surface area contributed by atoms with E-state index < -0.39 is 12.2 Å². The normalized spacial score (nSPS) is 19.5. The van der Waals surface area contributed by atoms with Crippen LogP contribution in [0.25, 0.3) is 11.0 Å².